The summed E-state index contributed by atoms with van der Waals surface area (Å²) in [6.07, 6.45) is 6.38. The molecule has 2 unspecified atom stereocenters. The van der Waals surface area contributed by atoms with Gasteiger partial charge in [-0.3, -0.25) is 5.43 Å². The summed E-state index contributed by atoms with van der Waals surface area (Å²) in [5, 5.41) is 0.418. The molecule has 2 atom stereocenters. The quantitative estimate of drug-likeness (QED) is 0.642. The maximum absolute atomic E-state index is 6.00. The van der Waals surface area contributed by atoms with Crippen LogP contribution in [0.4, 0.5) is 5.95 Å². The summed E-state index contributed by atoms with van der Waals surface area (Å²) in [6.45, 7) is 2.20. The molecule has 0 aromatic carbocycles. The fourth-order valence-electron chi connectivity index (χ4n) is 2.10. The standard InChI is InChI=1S/C11H17ClN4O/c1-7-4-2-3-5-9(7)17-10-8(12)6-14-11(15-10)16-13/h6-7,9H,2-5,13H2,1H3,(H,14,15,16). The van der Waals surface area contributed by atoms with E-state index in [1.165, 1.54) is 25.5 Å². The zero-order chi connectivity index (χ0) is 12.3. The summed E-state index contributed by atoms with van der Waals surface area (Å²) in [5.41, 5.74) is 2.38. The van der Waals surface area contributed by atoms with Gasteiger partial charge in [-0.05, 0) is 25.2 Å². The molecule has 5 nitrogen and oxygen atoms in total. The van der Waals surface area contributed by atoms with E-state index in [-0.39, 0.29) is 6.10 Å². The van der Waals surface area contributed by atoms with Crippen LogP contribution in [0.15, 0.2) is 6.20 Å². The molecule has 1 fully saturated rings. The van der Waals surface area contributed by atoms with Crippen LogP contribution in [0, 0.1) is 5.92 Å². The maximum atomic E-state index is 6.00. The summed E-state index contributed by atoms with van der Waals surface area (Å²) in [4.78, 5) is 8.03. The number of halogens is 1. The van der Waals surface area contributed by atoms with Crippen molar-refractivity contribution >= 4 is 17.5 Å². The van der Waals surface area contributed by atoms with Gasteiger partial charge in [-0.15, -0.1) is 0 Å². The second-order valence-corrected chi connectivity index (χ2v) is 4.82. The number of rotatable bonds is 3. The van der Waals surface area contributed by atoms with Crippen molar-refractivity contribution in [1.82, 2.24) is 9.97 Å². The first-order valence-corrected chi connectivity index (χ1v) is 6.24. The lowest BCUT2D eigenvalue weighted by Gasteiger charge is -2.29. The van der Waals surface area contributed by atoms with Gasteiger partial charge in [0.05, 0.1) is 6.20 Å². The van der Waals surface area contributed by atoms with E-state index in [1.54, 1.807) is 0 Å². The normalized spacial score (nSPS) is 24.4. The van der Waals surface area contributed by atoms with Crippen molar-refractivity contribution < 1.29 is 4.74 Å². The minimum atomic E-state index is 0.182. The van der Waals surface area contributed by atoms with Gasteiger partial charge in [0.2, 0.25) is 11.8 Å². The molecule has 1 aliphatic rings. The monoisotopic (exact) mass is 256 g/mol. The van der Waals surface area contributed by atoms with Crippen molar-refractivity contribution in [1.29, 1.82) is 0 Å². The van der Waals surface area contributed by atoms with Crippen LogP contribution in [-0.4, -0.2) is 16.1 Å². The van der Waals surface area contributed by atoms with Crippen molar-refractivity contribution in [2.75, 3.05) is 5.43 Å². The van der Waals surface area contributed by atoms with E-state index in [4.69, 9.17) is 22.2 Å². The highest BCUT2D eigenvalue weighted by atomic mass is 35.5. The van der Waals surface area contributed by atoms with Gasteiger partial charge in [-0.2, -0.15) is 4.98 Å². The van der Waals surface area contributed by atoms with Gasteiger partial charge < -0.3 is 4.74 Å². The van der Waals surface area contributed by atoms with E-state index in [1.807, 2.05) is 0 Å². The van der Waals surface area contributed by atoms with Crippen LogP contribution in [0.1, 0.15) is 32.6 Å². The predicted octanol–water partition coefficient (Wildman–Crippen LogP) is 2.37. The third kappa shape index (κ3) is 2.98. The molecular weight excluding hydrogens is 240 g/mol. The Morgan fingerprint density at radius 1 is 1.47 bits per heavy atom. The lowest BCUT2D eigenvalue weighted by atomic mass is 9.88. The van der Waals surface area contributed by atoms with Crippen LogP contribution < -0.4 is 16.0 Å². The molecule has 0 radical (unpaired) electrons. The molecule has 1 aliphatic carbocycles. The fraction of sp³-hybridized carbons (Fsp3) is 0.636. The second-order valence-electron chi connectivity index (χ2n) is 4.41. The molecule has 3 N–H and O–H groups in total. The Kier molecular flexibility index (Phi) is 4.02. The second kappa shape index (κ2) is 5.51. The Hall–Kier alpha value is -1.07. The molecule has 17 heavy (non-hydrogen) atoms. The minimum absolute atomic E-state index is 0.182. The number of ether oxygens (including phenoxy) is 1. The van der Waals surface area contributed by atoms with Gasteiger partial charge in [-0.1, -0.05) is 24.9 Å². The molecule has 1 aromatic rings. The van der Waals surface area contributed by atoms with E-state index < -0.39 is 0 Å². The molecule has 0 bridgehead atoms. The molecule has 0 saturated heterocycles. The number of hydrogen-bond acceptors (Lipinski definition) is 5. The van der Waals surface area contributed by atoms with Gasteiger partial charge in [-0.25, -0.2) is 10.8 Å². The number of hydrogen-bond donors (Lipinski definition) is 2. The first kappa shape index (κ1) is 12.4. The maximum Gasteiger partial charge on any atom is 0.240 e. The Morgan fingerprint density at radius 2 is 2.24 bits per heavy atom. The van der Waals surface area contributed by atoms with Gasteiger partial charge in [0.25, 0.3) is 0 Å². The first-order chi connectivity index (χ1) is 8.20. The van der Waals surface area contributed by atoms with Crippen LogP contribution in [-0.2, 0) is 0 Å². The zero-order valence-electron chi connectivity index (χ0n) is 9.82. The van der Waals surface area contributed by atoms with Crippen LogP contribution in [0.3, 0.4) is 0 Å². The highest BCUT2D eigenvalue weighted by molar-refractivity contribution is 6.31. The lowest BCUT2D eigenvalue weighted by molar-refractivity contribution is 0.0977. The first-order valence-electron chi connectivity index (χ1n) is 5.86. The molecule has 1 saturated carbocycles. The Labute approximate surface area is 106 Å². The van der Waals surface area contributed by atoms with E-state index >= 15 is 0 Å². The summed E-state index contributed by atoms with van der Waals surface area (Å²) in [7, 11) is 0. The van der Waals surface area contributed by atoms with Gasteiger partial charge in [0.15, 0.2) is 0 Å². The predicted molar refractivity (Wildman–Crippen MR) is 66.9 cm³/mol. The Balaban J connectivity index is 2.11. The number of nitrogens with one attached hydrogen (secondary N) is 1. The van der Waals surface area contributed by atoms with E-state index in [0.717, 1.165) is 6.42 Å². The molecule has 1 aromatic heterocycles. The molecule has 0 aliphatic heterocycles. The van der Waals surface area contributed by atoms with E-state index in [2.05, 4.69) is 22.3 Å². The van der Waals surface area contributed by atoms with Crippen LogP contribution in [0.5, 0.6) is 5.88 Å². The van der Waals surface area contributed by atoms with Crippen molar-refractivity contribution in [3.8, 4) is 5.88 Å². The third-order valence-electron chi connectivity index (χ3n) is 3.14. The average Bonchev–Trinajstić information content (AvgIpc) is 2.35. The highest BCUT2D eigenvalue weighted by Crippen LogP contribution is 2.30. The largest absolute Gasteiger partial charge is 0.473 e. The van der Waals surface area contributed by atoms with Crippen LogP contribution in [0.2, 0.25) is 5.02 Å². The summed E-state index contributed by atoms with van der Waals surface area (Å²) >= 11 is 6.00. The topological polar surface area (TPSA) is 73.1 Å². The van der Waals surface area contributed by atoms with E-state index in [9.17, 15) is 0 Å². The number of nitrogens with two attached hydrogens (primary N) is 1. The minimum Gasteiger partial charge on any atom is -0.473 e. The smallest absolute Gasteiger partial charge is 0.240 e. The molecular formula is C11H17ClN4O. The van der Waals surface area contributed by atoms with Crippen molar-refractivity contribution in [3.05, 3.63) is 11.2 Å². The highest BCUT2D eigenvalue weighted by Gasteiger charge is 2.24. The van der Waals surface area contributed by atoms with Gasteiger partial charge in [0, 0.05) is 0 Å². The molecule has 1 heterocycles. The number of anilines is 1. The fourth-order valence-corrected chi connectivity index (χ4v) is 2.24. The van der Waals surface area contributed by atoms with Crippen molar-refractivity contribution in [2.45, 2.75) is 38.7 Å². The lowest BCUT2D eigenvalue weighted by Crippen LogP contribution is -2.28. The molecule has 0 spiro atoms. The SMILES string of the molecule is CC1CCCCC1Oc1nc(NN)ncc1Cl. The van der Waals surface area contributed by atoms with Crippen molar-refractivity contribution in [2.24, 2.45) is 11.8 Å². The number of nitrogens with zero attached hydrogens (tertiary/aromatic N) is 2. The molecule has 6 heteroatoms. The summed E-state index contributed by atoms with van der Waals surface area (Å²) < 4.78 is 5.86. The Bertz CT molecular complexity index is 388. The average molecular weight is 257 g/mol. The molecule has 94 valence electrons. The molecule has 2 rings (SSSR count). The van der Waals surface area contributed by atoms with Crippen molar-refractivity contribution in [3.63, 3.8) is 0 Å². The zero-order valence-corrected chi connectivity index (χ0v) is 10.6. The number of nitrogen functional groups attached to an aromatic ring is 1. The van der Waals surface area contributed by atoms with E-state index in [0.29, 0.717) is 22.8 Å². The summed E-state index contributed by atoms with van der Waals surface area (Å²) in [6, 6.07) is 0. The third-order valence-corrected chi connectivity index (χ3v) is 3.40. The molecule has 0 amide bonds. The van der Waals surface area contributed by atoms with Gasteiger partial charge in [0.1, 0.15) is 11.1 Å². The van der Waals surface area contributed by atoms with Crippen LogP contribution in [0.25, 0.3) is 0 Å². The van der Waals surface area contributed by atoms with Crippen LogP contribution >= 0.6 is 11.6 Å². The summed E-state index contributed by atoms with van der Waals surface area (Å²) in [5.74, 6) is 6.51. The van der Waals surface area contributed by atoms with Gasteiger partial charge >= 0.3 is 0 Å². The number of hydrazine groups is 1. The Morgan fingerprint density at radius 3 is 2.94 bits per heavy atom. The number of aromatic nitrogens is 2.